The summed E-state index contributed by atoms with van der Waals surface area (Å²) < 4.78 is 0. The first-order valence-electron chi connectivity index (χ1n) is 8.74. The second-order valence-electron chi connectivity index (χ2n) is 6.81. The highest BCUT2D eigenvalue weighted by atomic mass is 32.1. The van der Waals surface area contributed by atoms with Crippen molar-refractivity contribution < 1.29 is 4.79 Å². The lowest BCUT2D eigenvalue weighted by atomic mass is 9.93. The van der Waals surface area contributed by atoms with Crippen LogP contribution in [0.25, 0.3) is 0 Å². The van der Waals surface area contributed by atoms with Crippen LogP contribution in [-0.4, -0.2) is 38.8 Å². The van der Waals surface area contributed by atoms with Gasteiger partial charge in [0.2, 0.25) is 5.91 Å². The molecule has 7 heteroatoms. The van der Waals surface area contributed by atoms with Crippen LogP contribution in [0.4, 0.5) is 5.13 Å². The monoisotopic (exact) mass is 359 g/mol. The number of thiazole rings is 1. The van der Waals surface area contributed by atoms with E-state index in [1.165, 1.54) is 24.6 Å². The van der Waals surface area contributed by atoms with Crippen molar-refractivity contribution in [1.82, 2.24) is 19.9 Å². The van der Waals surface area contributed by atoms with E-state index in [2.05, 4.69) is 31.2 Å². The number of nitrogens with zero attached hydrogens (tertiary/aromatic N) is 4. The topological polar surface area (TPSA) is 71.0 Å². The first-order valence-corrected chi connectivity index (χ1v) is 9.55. The largest absolute Gasteiger partial charge is 0.302 e. The van der Waals surface area contributed by atoms with Crippen molar-refractivity contribution in [2.45, 2.75) is 46.6 Å². The number of nitrogens with one attached hydrogen (secondary N) is 1. The second kappa shape index (κ2) is 8.01. The van der Waals surface area contributed by atoms with Gasteiger partial charge in [-0.15, -0.1) is 11.3 Å². The zero-order valence-electron chi connectivity index (χ0n) is 15.1. The molecule has 0 aliphatic carbocycles. The molecule has 0 bridgehead atoms. The standard InChI is InChI=1S/C18H25N5OS/c1-12-7-16(21-13(2)20-12)8-15-5-4-6-23(10-15)11-17-9-19-18(25-17)22-14(3)24/h7,9,15H,4-6,8,10-11H2,1-3H3,(H,19,22,24)/t15-/m1/s1. The third kappa shape index (κ3) is 5.31. The molecule has 3 heterocycles. The molecule has 0 spiro atoms. The average Bonchev–Trinajstić information content (AvgIpc) is 2.92. The summed E-state index contributed by atoms with van der Waals surface area (Å²) in [4.78, 5) is 28.0. The maximum atomic E-state index is 11.1. The molecule has 134 valence electrons. The number of aryl methyl sites for hydroxylation is 2. The number of aromatic nitrogens is 3. The van der Waals surface area contributed by atoms with Gasteiger partial charge in [0.15, 0.2) is 5.13 Å². The Morgan fingerprint density at radius 1 is 1.40 bits per heavy atom. The minimum Gasteiger partial charge on any atom is -0.302 e. The first kappa shape index (κ1) is 17.9. The number of hydrogen-bond donors (Lipinski definition) is 1. The van der Waals surface area contributed by atoms with Gasteiger partial charge >= 0.3 is 0 Å². The van der Waals surface area contributed by atoms with Crippen molar-refractivity contribution in [2.75, 3.05) is 18.4 Å². The molecule has 1 aliphatic heterocycles. The van der Waals surface area contributed by atoms with Crippen LogP contribution in [0.5, 0.6) is 0 Å². The molecule has 2 aromatic heterocycles. The summed E-state index contributed by atoms with van der Waals surface area (Å²) in [6.07, 6.45) is 5.35. The number of piperidine rings is 1. The summed E-state index contributed by atoms with van der Waals surface area (Å²) in [5.74, 6) is 1.41. The Kier molecular flexibility index (Phi) is 5.75. The van der Waals surface area contributed by atoms with Crippen molar-refractivity contribution in [2.24, 2.45) is 5.92 Å². The van der Waals surface area contributed by atoms with Crippen LogP contribution in [0.15, 0.2) is 12.3 Å². The van der Waals surface area contributed by atoms with E-state index >= 15 is 0 Å². The normalized spacial score (nSPS) is 18.3. The van der Waals surface area contributed by atoms with Gasteiger partial charge in [0.25, 0.3) is 0 Å². The molecule has 1 amide bonds. The molecule has 1 fully saturated rings. The van der Waals surface area contributed by atoms with Crippen LogP contribution in [0, 0.1) is 19.8 Å². The fraction of sp³-hybridized carbons (Fsp3) is 0.556. The van der Waals surface area contributed by atoms with Crippen molar-refractivity contribution in [3.05, 3.63) is 34.4 Å². The van der Waals surface area contributed by atoms with Crippen LogP contribution in [0.3, 0.4) is 0 Å². The molecule has 1 atom stereocenters. The van der Waals surface area contributed by atoms with Gasteiger partial charge in [0.05, 0.1) is 0 Å². The van der Waals surface area contributed by atoms with E-state index in [1.54, 1.807) is 11.3 Å². The van der Waals surface area contributed by atoms with Crippen LogP contribution >= 0.6 is 11.3 Å². The van der Waals surface area contributed by atoms with Gasteiger partial charge in [0, 0.05) is 42.5 Å². The summed E-state index contributed by atoms with van der Waals surface area (Å²) >= 11 is 1.56. The Labute approximate surface area is 152 Å². The highest BCUT2D eigenvalue weighted by molar-refractivity contribution is 7.15. The van der Waals surface area contributed by atoms with Crippen molar-refractivity contribution in [3.63, 3.8) is 0 Å². The van der Waals surface area contributed by atoms with E-state index in [0.29, 0.717) is 11.0 Å². The highest BCUT2D eigenvalue weighted by Gasteiger charge is 2.21. The van der Waals surface area contributed by atoms with Crippen molar-refractivity contribution >= 4 is 22.4 Å². The first-order chi connectivity index (χ1) is 12.0. The zero-order valence-corrected chi connectivity index (χ0v) is 15.9. The Balaban J connectivity index is 1.57. The van der Waals surface area contributed by atoms with Gasteiger partial charge in [-0.05, 0) is 51.6 Å². The molecule has 6 nitrogen and oxygen atoms in total. The molecule has 0 unspecified atom stereocenters. The van der Waals surface area contributed by atoms with Gasteiger partial charge in [-0.25, -0.2) is 15.0 Å². The van der Waals surface area contributed by atoms with Crippen LogP contribution in [-0.2, 0) is 17.8 Å². The van der Waals surface area contributed by atoms with E-state index in [4.69, 9.17) is 0 Å². The third-order valence-electron chi connectivity index (χ3n) is 4.34. The molecular weight excluding hydrogens is 334 g/mol. The summed E-state index contributed by atoms with van der Waals surface area (Å²) in [6, 6.07) is 2.11. The molecule has 1 saturated heterocycles. The Bertz CT molecular complexity index is 725. The molecule has 0 saturated carbocycles. The predicted molar refractivity (Wildman–Crippen MR) is 99.6 cm³/mol. The summed E-state index contributed by atoms with van der Waals surface area (Å²) in [5.41, 5.74) is 2.20. The van der Waals surface area contributed by atoms with E-state index in [1.807, 2.05) is 20.0 Å². The van der Waals surface area contributed by atoms with Gasteiger partial charge in [0.1, 0.15) is 5.82 Å². The minimum absolute atomic E-state index is 0.0747. The molecule has 0 radical (unpaired) electrons. The van der Waals surface area contributed by atoms with Crippen LogP contribution in [0.2, 0.25) is 0 Å². The van der Waals surface area contributed by atoms with E-state index < -0.39 is 0 Å². The number of carbonyl (C=O) groups is 1. The summed E-state index contributed by atoms with van der Waals surface area (Å²) in [5, 5.41) is 3.43. The van der Waals surface area contributed by atoms with E-state index in [0.717, 1.165) is 43.3 Å². The lowest BCUT2D eigenvalue weighted by molar-refractivity contribution is -0.114. The fourth-order valence-electron chi connectivity index (χ4n) is 3.46. The molecular formula is C18H25N5OS. The quantitative estimate of drug-likeness (QED) is 0.889. The number of likely N-dealkylation sites (tertiary alicyclic amines) is 1. The van der Waals surface area contributed by atoms with Gasteiger partial charge in [-0.2, -0.15) is 0 Å². The highest BCUT2D eigenvalue weighted by Crippen LogP contribution is 2.25. The van der Waals surface area contributed by atoms with Gasteiger partial charge < -0.3 is 5.32 Å². The van der Waals surface area contributed by atoms with Crippen LogP contribution in [0.1, 0.15) is 41.9 Å². The zero-order chi connectivity index (χ0) is 17.8. The van der Waals surface area contributed by atoms with Gasteiger partial charge in [-0.1, -0.05) is 0 Å². The molecule has 25 heavy (non-hydrogen) atoms. The lowest BCUT2D eigenvalue weighted by Gasteiger charge is -2.32. The fourth-order valence-corrected chi connectivity index (χ4v) is 4.37. The smallest absolute Gasteiger partial charge is 0.223 e. The number of anilines is 1. The second-order valence-corrected chi connectivity index (χ2v) is 7.92. The maximum absolute atomic E-state index is 11.1. The van der Waals surface area contributed by atoms with E-state index in [9.17, 15) is 4.79 Å². The lowest BCUT2D eigenvalue weighted by Crippen LogP contribution is -2.35. The predicted octanol–water partition coefficient (Wildman–Crippen LogP) is 2.96. The van der Waals surface area contributed by atoms with Crippen molar-refractivity contribution in [3.8, 4) is 0 Å². The third-order valence-corrected chi connectivity index (χ3v) is 5.23. The molecule has 1 aliphatic rings. The summed E-state index contributed by atoms with van der Waals surface area (Å²) in [6.45, 7) is 8.59. The van der Waals surface area contributed by atoms with Crippen molar-refractivity contribution in [1.29, 1.82) is 0 Å². The molecule has 0 aromatic carbocycles. The van der Waals surface area contributed by atoms with Gasteiger partial charge in [-0.3, -0.25) is 9.69 Å². The SMILES string of the molecule is CC(=O)Nc1ncc(CN2CCC[C@H](Cc3cc(C)nc(C)n3)C2)s1. The minimum atomic E-state index is -0.0747. The maximum Gasteiger partial charge on any atom is 0.223 e. The summed E-state index contributed by atoms with van der Waals surface area (Å²) in [7, 11) is 0. The molecule has 2 aromatic rings. The van der Waals surface area contributed by atoms with Crippen LogP contribution < -0.4 is 5.32 Å². The number of rotatable bonds is 5. The van der Waals surface area contributed by atoms with E-state index in [-0.39, 0.29) is 5.91 Å². The Hall–Kier alpha value is -1.86. The Morgan fingerprint density at radius 3 is 3.00 bits per heavy atom. The average molecular weight is 359 g/mol. The number of hydrogen-bond acceptors (Lipinski definition) is 6. The number of carbonyl (C=O) groups excluding carboxylic acids is 1. The molecule has 3 rings (SSSR count). The number of amides is 1. The Morgan fingerprint density at radius 2 is 2.24 bits per heavy atom. The molecule has 1 N–H and O–H groups in total.